The normalized spacial score (nSPS) is 28.9. The molecule has 1 N–H and O–H groups in total. The molecule has 2 nitrogen and oxygen atoms in total. The second-order valence-electron chi connectivity index (χ2n) is 5.15. The van der Waals surface area contributed by atoms with E-state index in [1.807, 2.05) is 0 Å². The average Bonchev–Trinajstić information content (AvgIpc) is 2.58. The molecule has 1 unspecified atom stereocenters. The summed E-state index contributed by atoms with van der Waals surface area (Å²) in [5.41, 5.74) is 0. The van der Waals surface area contributed by atoms with Crippen LogP contribution in [0, 0.1) is 5.92 Å². The first-order valence-corrected chi connectivity index (χ1v) is 6.62. The van der Waals surface area contributed by atoms with Gasteiger partial charge in [-0.15, -0.1) is 0 Å². The molecule has 0 amide bonds. The van der Waals surface area contributed by atoms with Crippen molar-refractivity contribution in [2.24, 2.45) is 5.92 Å². The van der Waals surface area contributed by atoms with E-state index in [4.69, 9.17) is 0 Å². The van der Waals surface area contributed by atoms with E-state index in [0.717, 1.165) is 25.8 Å². The number of nitrogens with one attached hydrogen (secondary N) is 1. The second kappa shape index (κ2) is 5.64. The number of carbonyl (C=O) groups is 1. The topological polar surface area (TPSA) is 29.1 Å². The number of hydrogen-bond acceptors (Lipinski definition) is 2. The summed E-state index contributed by atoms with van der Waals surface area (Å²) in [6, 6.07) is 0.501. The smallest absolute Gasteiger partial charge is 0.137 e. The fourth-order valence-electron chi connectivity index (χ4n) is 2.94. The predicted molar refractivity (Wildman–Crippen MR) is 61.8 cm³/mol. The van der Waals surface area contributed by atoms with E-state index in [0.29, 0.717) is 17.7 Å². The Morgan fingerprint density at radius 1 is 1.00 bits per heavy atom. The SMILES string of the molecule is O=C(CC1CCCN1)C1CCCCCC1. The van der Waals surface area contributed by atoms with E-state index in [2.05, 4.69) is 5.32 Å². The van der Waals surface area contributed by atoms with Crippen LogP contribution in [0.3, 0.4) is 0 Å². The molecule has 0 aromatic carbocycles. The molecule has 0 aromatic rings. The lowest BCUT2D eigenvalue weighted by Gasteiger charge is -2.15. The van der Waals surface area contributed by atoms with Gasteiger partial charge in [-0.2, -0.15) is 0 Å². The van der Waals surface area contributed by atoms with Gasteiger partial charge in [-0.3, -0.25) is 4.79 Å². The monoisotopic (exact) mass is 209 g/mol. The molecule has 1 aliphatic carbocycles. The minimum absolute atomic E-state index is 0.398. The van der Waals surface area contributed by atoms with Crippen molar-refractivity contribution in [1.82, 2.24) is 5.32 Å². The van der Waals surface area contributed by atoms with Gasteiger partial charge in [0.05, 0.1) is 0 Å². The van der Waals surface area contributed by atoms with E-state index < -0.39 is 0 Å². The van der Waals surface area contributed by atoms with Crippen LogP contribution in [0.2, 0.25) is 0 Å². The van der Waals surface area contributed by atoms with Gasteiger partial charge in [0.15, 0.2) is 0 Å². The second-order valence-corrected chi connectivity index (χ2v) is 5.15. The molecule has 2 rings (SSSR count). The van der Waals surface area contributed by atoms with Crippen LogP contribution in [0.15, 0.2) is 0 Å². The van der Waals surface area contributed by atoms with Crippen molar-refractivity contribution in [3.63, 3.8) is 0 Å². The van der Waals surface area contributed by atoms with Gasteiger partial charge in [-0.25, -0.2) is 0 Å². The third-order valence-corrected chi connectivity index (χ3v) is 3.92. The Hall–Kier alpha value is -0.370. The largest absolute Gasteiger partial charge is 0.314 e. The van der Waals surface area contributed by atoms with Gasteiger partial charge >= 0.3 is 0 Å². The highest BCUT2D eigenvalue weighted by atomic mass is 16.1. The Morgan fingerprint density at radius 3 is 2.33 bits per heavy atom. The quantitative estimate of drug-likeness (QED) is 0.724. The molecular weight excluding hydrogens is 186 g/mol. The van der Waals surface area contributed by atoms with Crippen LogP contribution in [-0.2, 0) is 4.79 Å². The molecule has 1 heterocycles. The minimum Gasteiger partial charge on any atom is -0.314 e. The van der Waals surface area contributed by atoms with E-state index in [-0.39, 0.29) is 0 Å². The lowest BCUT2D eigenvalue weighted by atomic mass is 9.91. The first-order valence-electron chi connectivity index (χ1n) is 6.62. The molecule has 1 aliphatic heterocycles. The summed E-state index contributed by atoms with van der Waals surface area (Å²) in [7, 11) is 0. The number of ketones is 1. The Bertz CT molecular complexity index is 201. The summed E-state index contributed by atoms with van der Waals surface area (Å²) in [5, 5.41) is 3.42. The molecule has 0 radical (unpaired) electrons. The van der Waals surface area contributed by atoms with Crippen molar-refractivity contribution in [1.29, 1.82) is 0 Å². The highest BCUT2D eigenvalue weighted by molar-refractivity contribution is 5.81. The molecule has 2 aliphatic rings. The zero-order valence-corrected chi connectivity index (χ0v) is 9.63. The van der Waals surface area contributed by atoms with Gasteiger partial charge in [0.1, 0.15) is 5.78 Å². The molecule has 86 valence electrons. The summed E-state index contributed by atoms with van der Waals surface area (Å²) in [4.78, 5) is 12.1. The van der Waals surface area contributed by atoms with Crippen molar-refractivity contribution in [2.75, 3.05) is 6.54 Å². The molecule has 15 heavy (non-hydrogen) atoms. The number of rotatable bonds is 3. The first-order chi connectivity index (χ1) is 7.36. The third kappa shape index (κ3) is 3.30. The molecule has 2 heteroatoms. The Labute approximate surface area is 92.8 Å². The molecule has 1 atom stereocenters. The van der Waals surface area contributed by atoms with E-state index in [1.54, 1.807) is 0 Å². The molecular formula is C13H23NO. The van der Waals surface area contributed by atoms with E-state index in [9.17, 15) is 4.79 Å². The summed E-state index contributed by atoms with van der Waals surface area (Å²) in [6.45, 7) is 1.11. The van der Waals surface area contributed by atoms with Crippen LogP contribution < -0.4 is 5.32 Å². The molecule has 0 aromatic heterocycles. The van der Waals surface area contributed by atoms with Crippen LogP contribution in [0.25, 0.3) is 0 Å². The Morgan fingerprint density at radius 2 is 1.73 bits per heavy atom. The first kappa shape index (κ1) is 11.1. The molecule has 0 bridgehead atoms. The number of carbonyl (C=O) groups excluding carboxylic acids is 1. The van der Waals surface area contributed by atoms with Crippen LogP contribution in [-0.4, -0.2) is 18.4 Å². The van der Waals surface area contributed by atoms with Crippen LogP contribution in [0.1, 0.15) is 57.8 Å². The maximum Gasteiger partial charge on any atom is 0.137 e. The van der Waals surface area contributed by atoms with Crippen molar-refractivity contribution >= 4 is 5.78 Å². The zero-order chi connectivity index (χ0) is 10.5. The molecule has 0 spiro atoms. The maximum atomic E-state index is 12.1. The number of Topliss-reactive ketones (excluding diaryl/α,β-unsaturated/α-hetero) is 1. The highest BCUT2D eigenvalue weighted by Crippen LogP contribution is 2.25. The highest BCUT2D eigenvalue weighted by Gasteiger charge is 2.24. The van der Waals surface area contributed by atoms with Gasteiger partial charge in [-0.1, -0.05) is 25.7 Å². The fourth-order valence-corrected chi connectivity index (χ4v) is 2.94. The van der Waals surface area contributed by atoms with Gasteiger partial charge in [0, 0.05) is 18.4 Å². The fraction of sp³-hybridized carbons (Fsp3) is 0.923. The van der Waals surface area contributed by atoms with Gasteiger partial charge in [-0.05, 0) is 32.2 Å². The Kier molecular flexibility index (Phi) is 4.18. The van der Waals surface area contributed by atoms with Crippen LogP contribution in [0.5, 0.6) is 0 Å². The molecule has 1 saturated carbocycles. The summed E-state index contributed by atoms with van der Waals surface area (Å²) in [5.74, 6) is 0.936. The summed E-state index contributed by atoms with van der Waals surface area (Å²) in [6.07, 6.45) is 10.8. The predicted octanol–water partition coefficient (Wildman–Crippen LogP) is 2.67. The molecule has 2 fully saturated rings. The van der Waals surface area contributed by atoms with Crippen molar-refractivity contribution < 1.29 is 4.79 Å². The van der Waals surface area contributed by atoms with Crippen LogP contribution >= 0.6 is 0 Å². The van der Waals surface area contributed by atoms with Crippen LogP contribution in [0.4, 0.5) is 0 Å². The zero-order valence-electron chi connectivity index (χ0n) is 9.63. The Balaban J connectivity index is 1.77. The maximum absolute atomic E-state index is 12.1. The van der Waals surface area contributed by atoms with E-state index >= 15 is 0 Å². The van der Waals surface area contributed by atoms with Crippen molar-refractivity contribution in [2.45, 2.75) is 63.8 Å². The van der Waals surface area contributed by atoms with Crippen molar-refractivity contribution in [3.05, 3.63) is 0 Å². The minimum atomic E-state index is 0.398. The lowest BCUT2D eigenvalue weighted by Crippen LogP contribution is -2.27. The number of hydrogen-bond donors (Lipinski definition) is 1. The molecule has 1 saturated heterocycles. The average molecular weight is 209 g/mol. The van der Waals surface area contributed by atoms with Crippen molar-refractivity contribution in [3.8, 4) is 0 Å². The third-order valence-electron chi connectivity index (χ3n) is 3.92. The van der Waals surface area contributed by atoms with Gasteiger partial charge in [0.25, 0.3) is 0 Å². The summed E-state index contributed by atoms with van der Waals surface area (Å²) >= 11 is 0. The standard InChI is InChI=1S/C13H23NO/c15-13(10-12-8-5-9-14-12)11-6-3-1-2-4-7-11/h11-12,14H,1-10H2. The van der Waals surface area contributed by atoms with Gasteiger partial charge in [0.2, 0.25) is 0 Å². The van der Waals surface area contributed by atoms with E-state index in [1.165, 1.54) is 38.5 Å². The van der Waals surface area contributed by atoms with Gasteiger partial charge < -0.3 is 5.32 Å². The summed E-state index contributed by atoms with van der Waals surface area (Å²) < 4.78 is 0. The lowest BCUT2D eigenvalue weighted by molar-refractivity contribution is -0.123.